The van der Waals surface area contributed by atoms with Crippen molar-refractivity contribution in [3.05, 3.63) is 45.7 Å². The number of rotatable bonds is 3. The van der Waals surface area contributed by atoms with E-state index >= 15 is 0 Å². The number of amides is 2. The molecule has 0 saturated carbocycles. The molecule has 2 amide bonds. The molecule has 25 heavy (non-hydrogen) atoms. The Balaban J connectivity index is 1.41. The van der Waals surface area contributed by atoms with Crippen LogP contribution >= 0.6 is 11.3 Å². The molecule has 0 N–H and O–H groups in total. The van der Waals surface area contributed by atoms with Gasteiger partial charge in [-0.1, -0.05) is 0 Å². The molecule has 2 aromatic rings. The molecule has 2 atom stereocenters. The first-order chi connectivity index (χ1) is 12.0. The molecule has 2 aliphatic rings. The Morgan fingerprint density at radius 3 is 2.76 bits per heavy atom. The van der Waals surface area contributed by atoms with Crippen molar-refractivity contribution >= 4 is 23.2 Å². The second kappa shape index (κ2) is 6.22. The van der Waals surface area contributed by atoms with Gasteiger partial charge in [-0.15, -0.1) is 11.3 Å². The molecule has 4 rings (SSSR count). The molecule has 0 spiro atoms. The van der Waals surface area contributed by atoms with E-state index in [2.05, 4.69) is 9.97 Å². The van der Waals surface area contributed by atoms with Gasteiger partial charge in [0.25, 0.3) is 5.91 Å². The third-order valence-corrected chi connectivity index (χ3v) is 5.81. The average molecular weight is 356 g/mol. The molecule has 0 aromatic carbocycles. The van der Waals surface area contributed by atoms with E-state index in [1.165, 1.54) is 0 Å². The normalized spacial score (nSPS) is 22.6. The molecule has 0 bridgehead atoms. The quantitative estimate of drug-likeness (QED) is 0.842. The fourth-order valence-electron chi connectivity index (χ4n) is 3.71. The second-order valence-electron chi connectivity index (χ2n) is 6.84. The zero-order valence-corrected chi connectivity index (χ0v) is 15.1. The predicted molar refractivity (Wildman–Crippen MR) is 94.1 cm³/mol. The first-order valence-corrected chi connectivity index (χ1v) is 9.31. The molecule has 0 radical (unpaired) electrons. The highest BCUT2D eigenvalue weighted by Gasteiger charge is 2.47. The maximum Gasteiger partial charge on any atom is 0.255 e. The Hall–Kier alpha value is -2.28. The number of nitrogens with zero attached hydrogens (tertiary/aromatic N) is 4. The summed E-state index contributed by atoms with van der Waals surface area (Å²) in [7, 11) is 0. The number of aryl methyl sites for hydroxylation is 2. The molecule has 2 fully saturated rings. The third kappa shape index (κ3) is 3.04. The molecular formula is C18H20N4O2S. The van der Waals surface area contributed by atoms with Crippen LogP contribution in [0.4, 0.5) is 0 Å². The Morgan fingerprint density at radius 2 is 2.12 bits per heavy atom. The zero-order chi connectivity index (χ0) is 17.6. The van der Waals surface area contributed by atoms with Crippen molar-refractivity contribution in [1.82, 2.24) is 19.8 Å². The molecule has 2 aliphatic heterocycles. The van der Waals surface area contributed by atoms with Gasteiger partial charge in [0.05, 0.1) is 28.7 Å². The van der Waals surface area contributed by atoms with Crippen LogP contribution in [0.15, 0.2) is 23.7 Å². The van der Waals surface area contributed by atoms with Crippen molar-refractivity contribution in [2.75, 3.05) is 19.6 Å². The summed E-state index contributed by atoms with van der Waals surface area (Å²) in [5, 5.41) is 3.03. The highest BCUT2D eigenvalue weighted by Crippen LogP contribution is 2.33. The Bertz CT molecular complexity index is 817. The first kappa shape index (κ1) is 16.2. The van der Waals surface area contributed by atoms with E-state index in [1.54, 1.807) is 28.5 Å². The van der Waals surface area contributed by atoms with Gasteiger partial charge >= 0.3 is 0 Å². The van der Waals surface area contributed by atoms with Gasteiger partial charge in [0.15, 0.2) is 0 Å². The maximum atomic E-state index is 12.7. The smallest absolute Gasteiger partial charge is 0.255 e. The summed E-state index contributed by atoms with van der Waals surface area (Å²) in [4.78, 5) is 37.6. The lowest BCUT2D eigenvalue weighted by Crippen LogP contribution is -2.35. The Kier molecular flexibility index (Phi) is 4.03. The van der Waals surface area contributed by atoms with Gasteiger partial charge in [-0.2, -0.15) is 0 Å². The molecular weight excluding hydrogens is 336 g/mol. The summed E-state index contributed by atoms with van der Waals surface area (Å²) in [5.74, 6) is 0.251. The summed E-state index contributed by atoms with van der Waals surface area (Å²) in [5.41, 5.74) is 2.43. The number of thiazole rings is 1. The predicted octanol–water partition coefficient (Wildman–Crippen LogP) is 1.89. The highest BCUT2D eigenvalue weighted by molar-refractivity contribution is 7.09. The first-order valence-electron chi connectivity index (χ1n) is 8.43. The Morgan fingerprint density at radius 1 is 1.28 bits per heavy atom. The van der Waals surface area contributed by atoms with Crippen LogP contribution in [0.5, 0.6) is 0 Å². The van der Waals surface area contributed by atoms with E-state index < -0.39 is 0 Å². The maximum absolute atomic E-state index is 12.7. The molecule has 6 nitrogen and oxygen atoms in total. The van der Waals surface area contributed by atoms with Gasteiger partial charge in [-0.3, -0.25) is 14.6 Å². The molecule has 0 unspecified atom stereocenters. The minimum atomic E-state index is -0.0814. The van der Waals surface area contributed by atoms with Crippen LogP contribution in [0.25, 0.3) is 0 Å². The van der Waals surface area contributed by atoms with E-state index in [9.17, 15) is 9.59 Å². The number of fused-ring (bicyclic) bond motifs is 1. The molecule has 7 heteroatoms. The average Bonchev–Trinajstić information content (AvgIpc) is 3.26. The van der Waals surface area contributed by atoms with Crippen LogP contribution in [0.1, 0.15) is 26.8 Å². The van der Waals surface area contributed by atoms with Crippen LogP contribution in [-0.4, -0.2) is 51.2 Å². The number of carbonyl (C=O) groups excluding carboxylic acids is 2. The van der Waals surface area contributed by atoms with Crippen molar-refractivity contribution in [3.63, 3.8) is 0 Å². The van der Waals surface area contributed by atoms with Gasteiger partial charge in [-0.05, 0) is 26.0 Å². The fraction of sp³-hybridized carbons (Fsp3) is 0.444. The second-order valence-corrected chi connectivity index (χ2v) is 7.90. The summed E-state index contributed by atoms with van der Waals surface area (Å²) in [6.07, 6.45) is 1.62. The number of aromatic nitrogens is 2. The third-order valence-electron chi connectivity index (χ3n) is 4.99. The van der Waals surface area contributed by atoms with E-state index in [0.29, 0.717) is 31.7 Å². The lowest BCUT2D eigenvalue weighted by molar-refractivity contribution is -0.131. The van der Waals surface area contributed by atoms with Gasteiger partial charge < -0.3 is 9.80 Å². The fourth-order valence-corrected chi connectivity index (χ4v) is 4.31. The molecule has 4 heterocycles. The summed E-state index contributed by atoms with van der Waals surface area (Å²) in [6.45, 7) is 6.28. The van der Waals surface area contributed by atoms with Crippen molar-refractivity contribution in [2.24, 2.45) is 11.8 Å². The summed E-state index contributed by atoms with van der Waals surface area (Å²) in [6, 6.07) is 3.64. The van der Waals surface area contributed by atoms with E-state index in [0.717, 1.165) is 16.4 Å². The monoisotopic (exact) mass is 356 g/mol. The van der Waals surface area contributed by atoms with Crippen LogP contribution < -0.4 is 0 Å². The number of hydrogen-bond donors (Lipinski definition) is 0. The minimum Gasteiger partial charge on any atom is -0.337 e. The molecule has 2 aromatic heterocycles. The molecule has 2 saturated heterocycles. The van der Waals surface area contributed by atoms with E-state index in [-0.39, 0.29) is 23.7 Å². The van der Waals surface area contributed by atoms with Crippen molar-refractivity contribution in [1.29, 1.82) is 0 Å². The Labute approximate surface area is 150 Å². The van der Waals surface area contributed by atoms with Crippen molar-refractivity contribution in [3.8, 4) is 0 Å². The number of pyridine rings is 1. The number of likely N-dealkylation sites (tertiary alicyclic amines) is 2. The largest absolute Gasteiger partial charge is 0.337 e. The van der Waals surface area contributed by atoms with Gasteiger partial charge in [0.1, 0.15) is 0 Å². The summed E-state index contributed by atoms with van der Waals surface area (Å²) >= 11 is 1.61. The minimum absolute atomic E-state index is 0.0311. The van der Waals surface area contributed by atoms with E-state index in [4.69, 9.17) is 0 Å². The van der Waals surface area contributed by atoms with Crippen LogP contribution in [0.2, 0.25) is 0 Å². The lowest BCUT2D eigenvalue weighted by atomic mass is 10.0. The SMILES string of the molecule is Cc1ccc(C(=O)N2C[C@H]3CN(Cc4csc(C)n4)C(=O)[C@H]3C2)cn1. The topological polar surface area (TPSA) is 66.4 Å². The van der Waals surface area contributed by atoms with Gasteiger partial charge in [0.2, 0.25) is 5.91 Å². The van der Waals surface area contributed by atoms with Crippen LogP contribution in [0, 0.1) is 25.7 Å². The van der Waals surface area contributed by atoms with Gasteiger partial charge in [-0.25, -0.2) is 4.98 Å². The number of carbonyl (C=O) groups is 2. The van der Waals surface area contributed by atoms with Gasteiger partial charge in [0, 0.05) is 42.8 Å². The van der Waals surface area contributed by atoms with Crippen LogP contribution in [0.3, 0.4) is 0 Å². The lowest BCUT2D eigenvalue weighted by Gasteiger charge is -2.21. The highest BCUT2D eigenvalue weighted by atomic mass is 32.1. The van der Waals surface area contributed by atoms with Crippen LogP contribution in [-0.2, 0) is 11.3 Å². The zero-order valence-electron chi connectivity index (χ0n) is 14.3. The van der Waals surface area contributed by atoms with Crippen molar-refractivity contribution < 1.29 is 9.59 Å². The standard InChI is InChI=1S/C18H20N4O2S/c1-11-3-4-13(5-19-11)17(23)22-7-14-6-21(18(24)16(14)9-22)8-15-10-25-12(2)20-15/h3-5,10,14,16H,6-9H2,1-2H3/t14-,16+/m1/s1. The molecule has 0 aliphatic carbocycles. The summed E-state index contributed by atoms with van der Waals surface area (Å²) < 4.78 is 0. The number of hydrogen-bond acceptors (Lipinski definition) is 5. The molecule has 130 valence electrons. The van der Waals surface area contributed by atoms with E-state index in [1.807, 2.05) is 30.2 Å². The van der Waals surface area contributed by atoms with Crippen molar-refractivity contribution in [2.45, 2.75) is 20.4 Å².